The third-order valence-electron chi connectivity index (χ3n) is 9.20. The molecule has 0 spiro atoms. The van der Waals surface area contributed by atoms with E-state index in [1.54, 1.807) is 32.3 Å². The van der Waals surface area contributed by atoms with Gasteiger partial charge in [-0.2, -0.15) is 0 Å². The number of imidazole rings is 1. The molecule has 4 heterocycles. The second-order valence-corrected chi connectivity index (χ2v) is 14.1. The van der Waals surface area contributed by atoms with Crippen LogP contribution in [0.15, 0.2) is 42.7 Å². The molecule has 0 radical (unpaired) electrons. The van der Waals surface area contributed by atoms with Gasteiger partial charge in [-0.1, -0.05) is 18.2 Å². The fraction of sp³-hybridized carbons (Fsp3) is 0.459. The molecule has 1 atom stereocenters. The predicted molar refractivity (Wildman–Crippen MR) is 190 cm³/mol. The van der Waals surface area contributed by atoms with Crippen molar-refractivity contribution in [1.29, 1.82) is 0 Å². The number of piperazine rings is 1. The number of halogens is 2. The van der Waals surface area contributed by atoms with Crippen molar-refractivity contribution in [2.45, 2.75) is 65.3 Å². The van der Waals surface area contributed by atoms with Gasteiger partial charge in [0.2, 0.25) is 5.91 Å². The molecule has 3 aliphatic rings. The number of carbonyl (C=O) groups excluding carboxylic acids is 5. The fourth-order valence-corrected chi connectivity index (χ4v) is 6.64. The minimum atomic E-state index is -0.883. The molecule has 0 saturated carbocycles. The molecule has 4 amide bonds. The summed E-state index contributed by atoms with van der Waals surface area (Å²) in [6.07, 6.45) is -0.185. The highest BCUT2D eigenvalue weighted by molar-refractivity contribution is 5.96. The third-order valence-corrected chi connectivity index (χ3v) is 9.20. The van der Waals surface area contributed by atoms with Crippen LogP contribution in [-0.4, -0.2) is 107 Å². The maximum atomic E-state index is 15.4. The first-order valence-corrected chi connectivity index (χ1v) is 17.8. The molecule has 3 aliphatic heterocycles. The number of para-hydroxylation sites is 1. The Kier molecular flexibility index (Phi) is 11.0. The number of rotatable bonds is 9. The van der Waals surface area contributed by atoms with Gasteiger partial charge in [-0.3, -0.25) is 24.2 Å². The monoisotopic (exact) mass is 751 g/mol. The molecule has 0 bridgehead atoms. The average Bonchev–Trinajstić information content (AvgIpc) is 3.67. The molecule has 288 valence electrons. The van der Waals surface area contributed by atoms with Gasteiger partial charge >= 0.3 is 18.2 Å². The van der Waals surface area contributed by atoms with Gasteiger partial charge < -0.3 is 33.9 Å². The van der Waals surface area contributed by atoms with E-state index in [0.717, 1.165) is 28.3 Å². The maximum Gasteiger partial charge on any atom is 0.414 e. The van der Waals surface area contributed by atoms with Crippen molar-refractivity contribution in [3.05, 3.63) is 71.3 Å². The van der Waals surface area contributed by atoms with E-state index in [2.05, 4.69) is 10.3 Å². The Labute approximate surface area is 310 Å². The number of aromatic nitrogens is 2. The van der Waals surface area contributed by atoms with E-state index >= 15 is 8.78 Å². The Hall–Kier alpha value is -5.74. The smallest absolute Gasteiger partial charge is 0.414 e. The zero-order valence-electron chi connectivity index (χ0n) is 30.6. The lowest BCUT2D eigenvalue weighted by Gasteiger charge is -2.36. The van der Waals surface area contributed by atoms with E-state index < -0.39 is 53.3 Å². The van der Waals surface area contributed by atoms with Crippen LogP contribution in [0.5, 0.6) is 0 Å². The van der Waals surface area contributed by atoms with E-state index in [-0.39, 0.29) is 88.9 Å². The number of fused-ring (bicyclic) bond motifs is 3. The number of esters is 1. The fourth-order valence-electron chi connectivity index (χ4n) is 6.64. The second kappa shape index (κ2) is 15.7. The Morgan fingerprint density at radius 3 is 2.39 bits per heavy atom. The zero-order chi connectivity index (χ0) is 38.7. The van der Waals surface area contributed by atoms with Gasteiger partial charge in [0.05, 0.1) is 49.9 Å². The molecule has 0 aliphatic carbocycles. The van der Waals surface area contributed by atoms with E-state index in [9.17, 15) is 24.0 Å². The summed E-state index contributed by atoms with van der Waals surface area (Å²) in [6, 6.07) is 9.58. The summed E-state index contributed by atoms with van der Waals surface area (Å²) >= 11 is 0. The Morgan fingerprint density at radius 2 is 1.70 bits per heavy atom. The van der Waals surface area contributed by atoms with E-state index in [0.29, 0.717) is 5.69 Å². The number of anilines is 2. The van der Waals surface area contributed by atoms with Crippen LogP contribution in [-0.2, 0) is 36.9 Å². The summed E-state index contributed by atoms with van der Waals surface area (Å²) < 4.78 is 48.3. The lowest BCUT2D eigenvalue weighted by atomic mass is 10.1. The SMILES string of the molecule is CCOC(=O)CC[C@H]1CN(c2cc(F)c(N3CCN(C(=O)CNC(=O)c4ncn5c4CN(C(=O)OC(C)(C)C)Cc4ccccc4-5)CC3)c(F)c2)C(=O)O1. The average molecular weight is 752 g/mol. The van der Waals surface area contributed by atoms with Crippen molar-refractivity contribution in [1.82, 2.24) is 24.7 Å². The minimum absolute atomic E-state index is 0.0155. The lowest BCUT2D eigenvalue weighted by Crippen LogP contribution is -2.51. The zero-order valence-corrected chi connectivity index (χ0v) is 30.6. The molecule has 1 N–H and O–H groups in total. The van der Waals surface area contributed by atoms with Crippen LogP contribution in [0.25, 0.3) is 5.69 Å². The number of ether oxygens (including phenoxy) is 3. The van der Waals surface area contributed by atoms with Gasteiger partial charge in [-0.05, 0) is 45.7 Å². The normalized spacial score (nSPS) is 17.0. The van der Waals surface area contributed by atoms with Crippen molar-refractivity contribution in [2.75, 3.05) is 55.7 Å². The van der Waals surface area contributed by atoms with Crippen LogP contribution >= 0.6 is 0 Å². The summed E-state index contributed by atoms with van der Waals surface area (Å²) in [5.41, 5.74) is 1.08. The molecule has 6 rings (SSSR count). The summed E-state index contributed by atoms with van der Waals surface area (Å²) in [7, 11) is 0. The van der Waals surface area contributed by atoms with Gasteiger partial charge in [-0.15, -0.1) is 0 Å². The first-order valence-electron chi connectivity index (χ1n) is 17.8. The molecule has 1 aromatic heterocycles. The molecule has 17 heteroatoms. The molecule has 3 aromatic rings. The highest BCUT2D eigenvalue weighted by Crippen LogP contribution is 2.32. The van der Waals surface area contributed by atoms with Gasteiger partial charge in [0.1, 0.15) is 23.7 Å². The van der Waals surface area contributed by atoms with E-state index in [1.807, 2.05) is 24.3 Å². The summed E-state index contributed by atoms with van der Waals surface area (Å²) in [5, 5.41) is 2.64. The maximum absolute atomic E-state index is 15.4. The largest absolute Gasteiger partial charge is 0.466 e. The number of hydrogen-bond donors (Lipinski definition) is 1. The van der Waals surface area contributed by atoms with Crippen LogP contribution in [0.1, 0.15) is 62.3 Å². The molecular weight excluding hydrogens is 708 g/mol. The molecule has 2 aromatic carbocycles. The predicted octanol–water partition coefficient (Wildman–Crippen LogP) is 4.15. The van der Waals surface area contributed by atoms with E-state index in [4.69, 9.17) is 14.2 Å². The van der Waals surface area contributed by atoms with Crippen molar-refractivity contribution < 1.29 is 47.0 Å². The van der Waals surface area contributed by atoms with Gasteiger partial charge in [0, 0.05) is 44.7 Å². The first-order chi connectivity index (χ1) is 25.7. The Morgan fingerprint density at radius 1 is 1.00 bits per heavy atom. The quantitative estimate of drug-likeness (QED) is 0.249. The topological polar surface area (TPSA) is 156 Å². The highest BCUT2D eigenvalue weighted by atomic mass is 19.1. The molecule has 0 unspecified atom stereocenters. The van der Waals surface area contributed by atoms with Crippen LogP contribution in [0, 0.1) is 11.6 Å². The highest BCUT2D eigenvalue weighted by Gasteiger charge is 2.35. The van der Waals surface area contributed by atoms with Crippen LogP contribution < -0.4 is 15.1 Å². The summed E-state index contributed by atoms with van der Waals surface area (Å²) in [6.45, 7) is 7.70. The van der Waals surface area contributed by atoms with E-state index in [1.165, 1.54) is 21.0 Å². The lowest BCUT2D eigenvalue weighted by molar-refractivity contribution is -0.143. The molecular formula is C37H43F2N7O8. The molecule has 15 nitrogen and oxygen atoms in total. The van der Waals surface area contributed by atoms with Crippen molar-refractivity contribution in [2.24, 2.45) is 0 Å². The molecule has 2 saturated heterocycles. The number of carbonyl (C=O) groups is 5. The molecule has 54 heavy (non-hydrogen) atoms. The van der Waals surface area contributed by atoms with Crippen LogP contribution in [0.3, 0.4) is 0 Å². The second-order valence-electron chi connectivity index (χ2n) is 14.1. The van der Waals surface area contributed by atoms with Crippen LogP contribution in [0.2, 0.25) is 0 Å². The third kappa shape index (κ3) is 8.39. The summed E-state index contributed by atoms with van der Waals surface area (Å²) in [5.74, 6) is -3.19. The Balaban J connectivity index is 1.05. The number of nitrogens with zero attached hydrogens (tertiary/aromatic N) is 6. The van der Waals surface area contributed by atoms with Gasteiger partial charge in [-0.25, -0.2) is 23.4 Å². The standard InChI is InChI=1S/C37H43F2N7O8/c1-5-52-31(48)11-10-25-20-45(36(51)53-25)24-16-26(38)33(27(39)17-24)43-14-12-42(13-15-43)30(47)18-40-34(49)32-29-21-44(35(50)54-37(2,3)4)19-23-8-6-7-9-28(23)46(29)22-41-32/h6-9,16-17,22,25H,5,10-15,18-21H2,1-4H3,(H,40,49)/t25-/m0/s1. The Bertz CT molecular complexity index is 1920. The number of cyclic esters (lactones) is 1. The molecule has 2 fully saturated rings. The number of hydrogen-bond acceptors (Lipinski definition) is 10. The number of nitrogens with one attached hydrogen (secondary N) is 1. The first kappa shape index (κ1) is 38.0. The van der Waals surface area contributed by atoms with Gasteiger partial charge in [0.15, 0.2) is 17.3 Å². The minimum Gasteiger partial charge on any atom is -0.466 e. The van der Waals surface area contributed by atoms with Crippen molar-refractivity contribution in [3.63, 3.8) is 0 Å². The summed E-state index contributed by atoms with van der Waals surface area (Å²) in [4.78, 5) is 73.8. The number of benzene rings is 2. The number of amides is 4. The van der Waals surface area contributed by atoms with Crippen molar-refractivity contribution >= 4 is 41.3 Å². The van der Waals surface area contributed by atoms with Gasteiger partial charge in [0.25, 0.3) is 5.91 Å². The van der Waals surface area contributed by atoms with Crippen LogP contribution in [0.4, 0.5) is 29.7 Å². The van der Waals surface area contributed by atoms with Crippen molar-refractivity contribution in [3.8, 4) is 5.69 Å².